The lowest BCUT2D eigenvalue weighted by molar-refractivity contribution is 0.0761. The number of carbonyl (C=O) groups excluding carboxylic acids is 1. The molecule has 0 aromatic carbocycles. The Morgan fingerprint density at radius 3 is 3.06 bits per heavy atom. The van der Waals surface area contributed by atoms with Crippen LogP contribution in [0.3, 0.4) is 0 Å². The maximum Gasteiger partial charge on any atom is 0.257 e. The minimum atomic E-state index is -0.589. The lowest BCUT2D eigenvalue weighted by Crippen LogP contribution is -2.30. The SMILES string of the molecule is CC(O)C1CCN(C(=O)c2cc(F)cnc2Cl)C1. The molecule has 1 amide bonds. The van der Waals surface area contributed by atoms with Gasteiger partial charge in [-0.2, -0.15) is 0 Å². The number of halogens is 2. The highest BCUT2D eigenvalue weighted by Crippen LogP contribution is 2.23. The standard InChI is InChI=1S/C12H14ClFN2O2/c1-7(17)8-2-3-16(6-8)12(18)10-4-9(14)5-15-11(10)13/h4-5,7-8,17H,2-3,6H2,1H3. The minimum absolute atomic E-state index is 0.00176. The number of rotatable bonds is 2. The second-order valence-corrected chi connectivity index (χ2v) is 4.89. The van der Waals surface area contributed by atoms with E-state index in [-0.39, 0.29) is 22.5 Å². The summed E-state index contributed by atoms with van der Waals surface area (Å²) in [6.07, 6.45) is 1.26. The zero-order valence-electron chi connectivity index (χ0n) is 9.94. The quantitative estimate of drug-likeness (QED) is 0.834. The van der Waals surface area contributed by atoms with E-state index in [9.17, 15) is 14.3 Å². The molecule has 1 aliphatic heterocycles. The fourth-order valence-corrected chi connectivity index (χ4v) is 2.29. The molecule has 98 valence electrons. The zero-order chi connectivity index (χ0) is 13.3. The molecule has 0 spiro atoms. The summed E-state index contributed by atoms with van der Waals surface area (Å²) in [5, 5.41) is 9.49. The van der Waals surface area contributed by atoms with Crippen LogP contribution in [0.4, 0.5) is 4.39 Å². The van der Waals surface area contributed by atoms with Crippen molar-refractivity contribution in [2.75, 3.05) is 13.1 Å². The van der Waals surface area contributed by atoms with E-state index in [1.54, 1.807) is 11.8 Å². The zero-order valence-corrected chi connectivity index (χ0v) is 10.7. The molecule has 2 atom stereocenters. The fourth-order valence-electron chi connectivity index (χ4n) is 2.11. The molecule has 0 saturated carbocycles. The summed E-state index contributed by atoms with van der Waals surface area (Å²) in [6, 6.07) is 1.09. The summed E-state index contributed by atoms with van der Waals surface area (Å²) in [5.74, 6) is -0.863. The van der Waals surface area contributed by atoms with E-state index in [4.69, 9.17) is 11.6 Å². The van der Waals surface area contributed by atoms with Gasteiger partial charge in [-0.05, 0) is 19.4 Å². The van der Waals surface area contributed by atoms with Gasteiger partial charge in [0.2, 0.25) is 0 Å². The van der Waals surface area contributed by atoms with Crippen LogP contribution in [0.2, 0.25) is 5.15 Å². The van der Waals surface area contributed by atoms with Crippen LogP contribution in [0.25, 0.3) is 0 Å². The number of carbonyl (C=O) groups is 1. The first kappa shape index (κ1) is 13.2. The van der Waals surface area contributed by atoms with E-state index in [1.165, 1.54) is 0 Å². The van der Waals surface area contributed by atoms with Crippen LogP contribution in [-0.2, 0) is 0 Å². The van der Waals surface area contributed by atoms with Gasteiger partial charge in [0, 0.05) is 19.0 Å². The Kier molecular flexibility index (Phi) is 3.82. The van der Waals surface area contributed by atoms with Crippen molar-refractivity contribution >= 4 is 17.5 Å². The lowest BCUT2D eigenvalue weighted by atomic mass is 10.0. The van der Waals surface area contributed by atoms with Crippen molar-refractivity contribution in [2.24, 2.45) is 5.92 Å². The van der Waals surface area contributed by atoms with Crippen molar-refractivity contribution in [1.82, 2.24) is 9.88 Å². The third-order valence-electron chi connectivity index (χ3n) is 3.23. The average Bonchev–Trinajstić information content (AvgIpc) is 2.81. The summed E-state index contributed by atoms with van der Waals surface area (Å²) in [7, 11) is 0. The van der Waals surface area contributed by atoms with Gasteiger partial charge in [-0.3, -0.25) is 4.79 Å². The summed E-state index contributed by atoms with van der Waals surface area (Å²) >= 11 is 5.79. The average molecular weight is 273 g/mol. The normalized spacial score (nSPS) is 21.1. The second kappa shape index (κ2) is 5.20. The van der Waals surface area contributed by atoms with Gasteiger partial charge in [0.1, 0.15) is 11.0 Å². The number of amides is 1. The molecule has 6 heteroatoms. The molecule has 2 unspecified atom stereocenters. The molecule has 0 aliphatic carbocycles. The Labute approximate surface area is 109 Å². The molecule has 0 bridgehead atoms. The number of aliphatic hydroxyl groups excluding tert-OH is 1. The number of hydrogen-bond acceptors (Lipinski definition) is 3. The predicted octanol–water partition coefficient (Wildman–Crippen LogP) is 1.72. The molecule has 2 rings (SSSR count). The number of aliphatic hydroxyl groups is 1. The monoisotopic (exact) mass is 272 g/mol. The van der Waals surface area contributed by atoms with Crippen LogP contribution >= 0.6 is 11.6 Å². The van der Waals surface area contributed by atoms with E-state index in [0.717, 1.165) is 18.7 Å². The first-order valence-electron chi connectivity index (χ1n) is 5.77. The van der Waals surface area contributed by atoms with Gasteiger partial charge in [0.05, 0.1) is 17.9 Å². The minimum Gasteiger partial charge on any atom is -0.393 e. The van der Waals surface area contributed by atoms with Crippen LogP contribution < -0.4 is 0 Å². The number of likely N-dealkylation sites (tertiary alicyclic amines) is 1. The molecule has 18 heavy (non-hydrogen) atoms. The third-order valence-corrected chi connectivity index (χ3v) is 3.53. The number of aromatic nitrogens is 1. The van der Waals surface area contributed by atoms with E-state index < -0.39 is 11.9 Å². The second-order valence-electron chi connectivity index (χ2n) is 4.53. The molecule has 4 nitrogen and oxygen atoms in total. The van der Waals surface area contributed by atoms with Crippen molar-refractivity contribution in [3.05, 3.63) is 28.8 Å². The molecule has 1 fully saturated rings. The molecule has 2 heterocycles. The number of pyridine rings is 1. The molecular weight excluding hydrogens is 259 g/mol. The van der Waals surface area contributed by atoms with Crippen LogP contribution in [0.15, 0.2) is 12.3 Å². The van der Waals surface area contributed by atoms with Crippen LogP contribution in [0.5, 0.6) is 0 Å². The molecule has 1 saturated heterocycles. The van der Waals surface area contributed by atoms with E-state index in [1.807, 2.05) is 0 Å². The summed E-state index contributed by atoms with van der Waals surface area (Å²) in [4.78, 5) is 17.3. The Hall–Kier alpha value is -1.20. The van der Waals surface area contributed by atoms with Crippen LogP contribution in [0.1, 0.15) is 23.7 Å². The highest BCUT2D eigenvalue weighted by molar-refractivity contribution is 6.32. The Balaban J connectivity index is 2.15. The lowest BCUT2D eigenvalue weighted by Gasteiger charge is -2.18. The van der Waals surface area contributed by atoms with Crippen LogP contribution in [-0.4, -0.2) is 40.1 Å². The molecule has 1 aliphatic rings. The van der Waals surface area contributed by atoms with Gasteiger partial charge in [0.25, 0.3) is 5.91 Å². The maximum absolute atomic E-state index is 13.1. The predicted molar refractivity (Wildman–Crippen MR) is 64.9 cm³/mol. The van der Waals surface area contributed by atoms with Crippen molar-refractivity contribution in [3.8, 4) is 0 Å². The topological polar surface area (TPSA) is 53.4 Å². The Bertz CT molecular complexity index is 467. The van der Waals surface area contributed by atoms with Crippen molar-refractivity contribution in [3.63, 3.8) is 0 Å². The van der Waals surface area contributed by atoms with Gasteiger partial charge in [-0.1, -0.05) is 11.6 Å². The van der Waals surface area contributed by atoms with Gasteiger partial charge < -0.3 is 10.0 Å². The first-order chi connectivity index (χ1) is 8.49. The summed E-state index contributed by atoms with van der Waals surface area (Å²) in [6.45, 7) is 2.71. The highest BCUT2D eigenvalue weighted by Gasteiger charge is 2.30. The maximum atomic E-state index is 13.1. The van der Waals surface area contributed by atoms with E-state index >= 15 is 0 Å². The third kappa shape index (κ3) is 2.62. The first-order valence-corrected chi connectivity index (χ1v) is 6.15. The number of nitrogens with zero attached hydrogens (tertiary/aromatic N) is 2. The number of hydrogen-bond donors (Lipinski definition) is 1. The van der Waals surface area contributed by atoms with Crippen LogP contribution in [0, 0.1) is 11.7 Å². The van der Waals surface area contributed by atoms with E-state index in [0.29, 0.717) is 13.1 Å². The Morgan fingerprint density at radius 1 is 1.72 bits per heavy atom. The van der Waals surface area contributed by atoms with Crippen molar-refractivity contribution < 1.29 is 14.3 Å². The smallest absolute Gasteiger partial charge is 0.257 e. The summed E-state index contributed by atoms with van der Waals surface area (Å²) < 4.78 is 13.1. The summed E-state index contributed by atoms with van der Waals surface area (Å²) in [5.41, 5.74) is 0.0721. The molecule has 1 N–H and O–H groups in total. The largest absolute Gasteiger partial charge is 0.393 e. The van der Waals surface area contributed by atoms with Gasteiger partial charge in [-0.15, -0.1) is 0 Å². The molecule has 1 aromatic rings. The Morgan fingerprint density at radius 2 is 2.44 bits per heavy atom. The van der Waals surface area contributed by atoms with Crippen molar-refractivity contribution in [1.29, 1.82) is 0 Å². The van der Waals surface area contributed by atoms with E-state index in [2.05, 4.69) is 4.98 Å². The molecular formula is C12H14ClFN2O2. The fraction of sp³-hybridized carbons (Fsp3) is 0.500. The molecule has 0 radical (unpaired) electrons. The van der Waals surface area contributed by atoms with Gasteiger partial charge in [-0.25, -0.2) is 9.37 Å². The highest BCUT2D eigenvalue weighted by atomic mass is 35.5. The van der Waals surface area contributed by atoms with Gasteiger partial charge in [0.15, 0.2) is 0 Å². The molecule has 1 aromatic heterocycles. The van der Waals surface area contributed by atoms with Crippen molar-refractivity contribution in [2.45, 2.75) is 19.4 Å². The van der Waals surface area contributed by atoms with Gasteiger partial charge >= 0.3 is 0 Å².